The van der Waals surface area contributed by atoms with E-state index in [1.165, 1.54) is 7.11 Å². The molecule has 0 spiro atoms. The number of methoxy groups -OCH3 is 1. The summed E-state index contributed by atoms with van der Waals surface area (Å²) in [6.45, 7) is 0. The zero-order valence-corrected chi connectivity index (χ0v) is 10.9. The monoisotopic (exact) mass is 270 g/mol. The summed E-state index contributed by atoms with van der Waals surface area (Å²) < 4.78 is 11.4. The Morgan fingerprint density at radius 3 is 2.45 bits per heavy atom. The minimum absolute atomic E-state index is 0.547. The second kappa shape index (κ2) is 4.65. The summed E-state index contributed by atoms with van der Waals surface area (Å²) in [6, 6.07) is 16.3. The lowest BCUT2D eigenvalue weighted by atomic mass is 9.88. The smallest absolute Gasteiger partial charge is 0.318 e. The number of carboxylic acid groups (broad SMARTS) is 1. The van der Waals surface area contributed by atoms with Gasteiger partial charge in [-0.3, -0.25) is 4.79 Å². The van der Waals surface area contributed by atoms with Crippen molar-refractivity contribution in [2.24, 2.45) is 0 Å². The lowest BCUT2D eigenvalue weighted by Gasteiger charge is -2.31. The predicted octanol–water partition coefficient (Wildman–Crippen LogP) is 2.75. The summed E-state index contributed by atoms with van der Waals surface area (Å²) in [5.41, 5.74) is 1.32. The zero-order valence-electron chi connectivity index (χ0n) is 10.9. The van der Waals surface area contributed by atoms with Crippen molar-refractivity contribution in [1.82, 2.24) is 0 Å². The van der Waals surface area contributed by atoms with E-state index in [0.29, 0.717) is 16.9 Å². The minimum atomic E-state index is -1.32. The molecule has 4 nitrogen and oxygen atoms in total. The number of rotatable bonds is 3. The highest BCUT2D eigenvalue weighted by Crippen LogP contribution is 2.50. The quantitative estimate of drug-likeness (QED) is 0.931. The minimum Gasteiger partial charge on any atom is -0.481 e. The predicted molar refractivity (Wildman–Crippen MR) is 72.6 cm³/mol. The van der Waals surface area contributed by atoms with Crippen molar-refractivity contribution in [1.29, 1.82) is 0 Å². The fourth-order valence-electron chi connectivity index (χ4n) is 2.71. The lowest BCUT2D eigenvalue weighted by molar-refractivity contribution is -0.189. The molecule has 0 aliphatic carbocycles. The molecule has 0 bridgehead atoms. The van der Waals surface area contributed by atoms with Gasteiger partial charge in [0.2, 0.25) is 0 Å². The van der Waals surface area contributed by atoms with E-state index in [9.17, 15) is 9.90 Å². The summed E-state index contributed by atoms with van der Waals surface area (Å²) in [7, 11) is 1.47. The summed E-state index contributed by atoms with van der Waals surface area (Å²) in [4.78, 5) is 11.8. The molecule has 2 aromatic carbocycles. The maximum absolute atomic E-state index is 11.8. The number of fused-ring (bicyclic) bond motifs is 1. The van der Waals surface area contributed by atoms with Gasteiger partial charge in [0.15, 0.2) is 5.92 Å². The van der Waals surface area contributed by atoms with E-state index in [4.69, 9.17) is 9.47 Å². The highest BCUT2D eigenvalue weighted by Gasteiger charge is 2.54. The molecule has 1 heterocycles. The van der Waals surface area contributed by atoms with Gasteiger partial charge >= 0.3 is 5.97 Å². The van der Waals surface area contributed by atoms with Crippen molar-refractivity contribution in [2.75, 3.05) is 7.11 Å². The number of hydrogen-bond donors (Lipinski definition) is 1. The van der Waals surface area contributed by atoms with Crippen molar-refractivity contribution < 1.29 is 19.4 Å². The van der Waals surface area contributed by atoms with Crippen LogP contribution in [-0.4, -0.2) is 18.2 Å². The highest BCUT2D eigenvalue weighted by atomic mass is 16.7. The molecule has 1 N–H and O–H groups in total. The van der Waals surface area contributed by atoms with Gasteiger partial charge in [0.1, 0.15) is 5.75 Å². The van der Waals surface area contributed by atoms with E-state index in [1.54, 1.807) is 18.2 Å². The highest BCUT2D eigenvalue weighted by molar-refractivity contribution is 5.80. The Morgan fingerprint density at radius 2 is 1.80 bits per heavy atom. The molecule has 2 aromatic rings. The lowest BCUT2D eigenvalue weighted by Crippen LogP contribution is -2.40. The second-order valence-electron chi connectivity index (χ2n) is 4.65. The van der Waals surface area contributed by atoms with E-state index in [1.807, 2.05) is 36.4 Å². The van der Waals surface area contributed by atoms with Gasteiger partial charge in [-0.05, 0) is 6.07 Å². The average molecular weight is 270 g/mol. The largest absolute Gasteiger partial charge is 0.481 e. The summed E-state index contributed by atoms with van der Waals surface area (Å²) >= 11 is 0. The fourth-order valence-corrected chi connectivity index (χ4v) is 2.71. The van der Waals surface area contributed by atoms with Crippen LogP contribution in [0.4, 0.5) is 0 Å². The van der Waals surface area contributed by atoms with Gasteiger partial charge in [-0.2, -0.15) is 0 Å². The van der Waals surface area contributed by atoms with Crippen LogP contribution in [0, 0.1) is 0 Å². The van der Waals surface area contributed by atoms with Gasteiger partial charge in [0, 0.05) is 18.2 Å². The normalized spacial score (nSPS) is 23.9. The topological polar surface area (TPSA) is 55.8 Å². The SMILES string of the molecule is COC1(c2ccccc2)Oc2ccccc2C1C(=O)O. The molecule has 0 saturated heterocycles. The van der Waals surface area contributed by atoms with Gasteiger partial charge in [-0.1, -0.05) is 48.5 Å². The number of carboxylic acids is 1. The molecule has 0 amide bonds. The van der Waals surface area contributed by atoms with E-state index in [-0.39, 0.29) is 0 Å². The summed E-state index contributed by atoms with van der Waals surface area (Å²) in [5, 5.41) is 9.63. The van der Waals surface area contributed by atoms with Crippen LogP contribution in [0.1, 0.15) is 17.0 Å². The molecular weight excluding hydrogens is 256 g/mol. The van der Waals surface area contributed by atoms with Crippen LogP contribution in [0.3, 0.4) is 0 Å². The molecule has 4 heteroatoms. The fraction of sp³-hybridized carbons (Fsp3) is 0.188. The molecule has 102 valence electrons. The first-order chi connectivity index (χ1) is 9.69. The summed E-state index contributed by atoms with van der Waals surface area (Å²) in [6.07, 6.45) is 0. The molecular formula is C16H14O4. The molecule has 1 aliphatic heterocycles. The maximum Gasteiger partial charge on any atom is 0.318 e. The van der Waals surface area contributed by atoms with Crippen LogP contribution in [0.2, 0.25) is 0 Å². The number of ether oxygens (including phenoxy) is 2. The Hall–Kier alpha value is -2.33. The Labute approximate surface area is 116 Å². The first-order valence-electron chi connectivity index (χ1n) is 6.30. The number of carbonyl (C=O) groups is 1. The Kier molecular flexibility index (Phi) is 2.95. The van der Waals surface area contributed by atoms with E-state index < -0.39 is 17.7 Å². The van der Waals surface area contributed by atoms with Crippen molar-refractivity contribution >= 4 is 5.97 Å². The van der Waals surface area contributed by atoms with Crippen LogP contribution in [0.25, 0.3) is 0 Å². The van der Waals surface area contributed by atoms with Crippen molar-refractivity contribution in [3.05, 3.63) is 65.7 Å². The molecule has 1 aliphatic rings. The van der Waals surface area contributed by atoms with Crippen molar-refractivity contribution in [3.8, 4) is 5.75 Å². The van der Waals surface area contributed by atoms with Gasteiger partial charge in [0.25, 0.3) is 5.79 Å². The molecule has 0 aromatic heterocycles. The molecule has 3 rings (SSSR count). The second-order valence-corrected chi connectivity index (χ2v) is 4.65. The van der Waals surface area contributed by atoms with Crippen LogP contribution in [0.15, 0.2) is 54.6 Å². The number of benzene rings is 2. The first kappa shape index (κ1) is 12.7. The van der Waals surface area contributed by atoms with Crippen molar-refractivity contribution in [2.45, 2.75) is 11.7 Å². The van der Waals surface area contributed by atoms with Gasteiger partial charge in [-0.15, -0.1) is 0 Å². The van der Waals surface area contributed by atoms with Crippen LogP contribution >= 0.6 is 0 Å². The van der Waals surface area contributed by atoms with Crippen molar-refractivity contribution in [3.63, 3.8) is 0 Å². The summed E-state index contributed by atoms with van der Waals surface area (Å²) in [5.74, 6) is -2.64. The third kappa shape index (κ3) is 1.69. The van der Waals surface area contributed by atoms with Gasteiger partial charge in [0.05, 0.1) is 0 Å². The third-order valence-corrected chi connectivity index (χ3v) is 3.60. The first-order valence-corrected chi connectivity index (χ1v) is 6.30. The van der Waals surface area contributed by atoms with E-state index in [2.05, 4.69) is 0 Å². The number of aliphatic carboxylic acids is 1. The Morgan fingerprint density at radius 1 is 1.15 bits per heavy atom. The van der Waals surface area contributed by atoms with Crippen LogP contribution in [0.5, 0.6) is 5.75 Å². The number of para-hydroxylation sites is 1. The molecule has 0 radical (unpaired) electrons. The zero-order chi connectivity index (χ0) is 14.2. The van der Waals surface area contributed by atoms with Crippen LogP contribution < -0.4 is 4.74 Å². The van der Waals surface area contributed by atoms with E-state index in [0.717, 1.165) is 0 Å². The maximum atomic E-state index is 11.8. The standard InChI is InChI=1S/C16H14O4/c1-19-16(11-7-3-2-4-8-11)14(15(17)18)12-9-5-6-10-13(12)20-16/h2-10,14H,1H3,(H,17,18). The van der Waals surface area contributed by atoms with Crippen LogP contribution in [-0.2, 0) is 15.3 Å². The molecule has 2 atom stereocenters. The third-order valence-electron chi connectivity index (χ3n) is 3.60. The van der Waals surface area contributed by atoms with E-state index >= 15 is 0 Å². The molecule has 2 unspecified atom stereocenters. The Bertz CT molecular complexity index is 638. The van der Waals surface area contributed by atoms with Gasteiger partial charge in [-0.25, -0.2) is 0 Å². The molecule has 0 fully saturated rings. The Balaban J connectivity index is 2.20. The molecule has 0 saturated carbocycles. The number of hydrogen-bond acceptors (Lipinski definition) is 3. The van der Waals surface area contributed by atoms with Gasteiger partial charge < -0.3 is 14.6 Å². The molecule has 20 heavy (non-hydrogen) atoms. The average Bonchev–Trinajstić information content (AvgIpc) is 2.83.